The first-order chi connectivity index (χ1) is 17.4. The Morgan fingerprint density at radius 1 is 1.16 bits per heavy atom. The lowest BCUT2D eigenvalue weighted by molar-refractivity contribution is 0.0823. The Bertz CT molecular complexity index is 1460. The largest absolute Gasteiger partial charge is 0.495 e. The number of carbonyl (C=O) groups is 1. The van der Waals surface area contributed by atoms with Crippen LogP contribution in [0.3, 0.4) is 0 Å². The molecule has 1 aliphatic rings. The lowest BCUT2D eigenvalue weighted by Gasteiger charge is -2.20. The Balaban J connectivity index is 0.00000320. The number of aromatic nitrogens is 4. The van der Waals surface area contributed by atoms with E-state index in [0.717, 1.165) is 64.7 Å². The fourth-order valence-corrected chi connectivity index (χ4v) is 4.60. The molecule has 0 saturated heterocycles. The number of methoxy groups -OCH3 is 1. The smallest absolute Gasteiger partial charge is 0.274 e. The monoisotopic (exact) mass is 501 g/mol. The van der Waals surface area contributed by atoms with Gasteiger partial charge in [0, 0.05) is 32.4 Å². The number of nitrogens with zero attached hydrogens (tertiary/aromatic N) is 5. The van der Waals surface area contributed by atoms with E-state index in [1.54, 1.807) is 39.7 Å². The highest BCUT2D eigenvalue weighted by molar-refractivity contribution is 5.99. The summed E-state index contributed by atoms with van der Waals surface area (Å²) in [6.07, 6.45) is 7.56. The van der Waals surface area contributed by atoms with Crippen LogP contribution in [-0.2, 0) is 6.54 Å². The summed E-state index contributed by atoms with van der Waals surface area (Å²) in [6.45, 7) is 2.68. The van der Waals surface area contributed by atoms with Gasteiger partial charge in [-0.3, -0.25) is 4.79 Å². The maximum absolute atomic E-state index is 13.6. The van der Waals surface area contributed by atoms with Gasteiger partial charge in [0.05, 0.1) is 30.5 Å². The molecule has 2 aromatic carbocycles. The molecular formula is C29H32FN5O2. The number of carbonyl (C=O) groups excluding carboxylic acids is 1. The summed E-state index contributed by atoms with van der Waals surface area (Å²) in [4.78, 5) is 23.7. The average Bonchev–Trinajstić information content (AvgIpc) is 3.48. The number of imidazole rings is 2. The van der Waals surface area contributed by atoms with E-state index in [-0.39, 0.29) is 19.2 Å². The van der Waals surface area contributed by atoms with Crippen LogP contribution >= 0.6 is 0 Å². The molecule has 0 saturated carbocycles. The molecule has 0 unspecified atom stereocenters. The second-order valence-electron chi connectivity index (χ2n) is 9.12. The Labute approximate surface area is 216 Å². The second-order valence-corrected chi connectivity index (χ2v) is 9.12. The minimum atomic E-state index is -0.318. The quantitative estimate of drug-likeness (QED) is 0.343. The van der Waals surface area contributed by atoms with Crippen molar-refractivity contribution >= 4 is 17.6 Å². The number of halogens is 1. The third kappa shape index (κ3) is 4.91. The van der Waals surface area contributed by atoms with E-state index in [1.807, 2.05) is 35.9 Å². The normalized spacial score (nSPS) is 13.7. The molecule has 7 nitrogen and oxygen atoms in total. The van der Waals surface area contributed by atoms with Gasteiger partial charge in [-0.2, -0.15) is 0 Å². The number of hydrogen-bond donors (Lipinski definition) is 0. The highest BCUT2D eigenvalue weighted by Gasteiger charge is 2.28. The first-order valence-electron chi connectivity index (χ1n) is 11.8. The van der Waals surface area contributed by atoms with Gasteiger partial charge in [0.1, 0.15) is 17.4 Å². The van der Waals surface area contributed by atoms with Gasteiger partial charge in [0.2, 0.25) is 0 Å². The van der Waals surface area contributed by atoms with Crippen molar-refractivity contribution in [3.8, 4) is 22.7 Å². The van der Waals surface area contributed by atoms with E-state index in [1.165, 1.54) is 17.0 Å². The predicted molar refractivity (Wildman–Crippen MR) is 144 cm³/mol. The lowest BCUT2D eigenvalue weighted by Crippen LogP contribution is -2.23. The zero-order valence-electron chi connectivity index (χ0n) is 20.8. The maximum atomic E-state index is 13.6. The van der Waals surface area contributed by atoms with E-state index in [2.05, 4.69) is 15.6 Å². The van der Waals surface area contributed by atoms with Crippen molar-refractivity contribution in [2.75, 3.05) is 21.2 Å². The van der Waals surface area contributed by atoms with Crippen LogP contribution in [0.5, 0.6) is 5.75 Å². The van der Waals surface area contributed by atoms with Crippen LogP contribution < -0.4 is 4.74 Å². The molecule has 0 aliphatic carbocycles. The van der Waals surface area contributed by atoms with Crippen molar-refractivity contribution in [2.45, 2.75) is 33.7 Å². The van der Waals surface area contributed by atoms with E-state index >= 15 is 0 Å². The molecule has 1 amide bonds. The van der Waals surface area contributed by atoms with Crippen molar-refractivity contribution in [1.29, 1.82) is 0 Å². The fourth-order valence-electron chi connectivity index (χ4n) is 4.60. The molecule has 0 radical (unpaired) electrons. The fraction of sp³-hybridized carbons (Fsp3) is 0.276. The number of amides is 1. The summed E-state index contributed by atoms with van der Waals surface area (Å²) in [5.41, 5.74) is 5.71. The van der Waals surface area contributed by atoms with Crippen molar-refractivity contribution in [1.82, 2.24) is 24.0 Å². The highest BCUT2D eigenvalue weighted by atomic mass is 19.1. The highest BCUT2D eigenvalue weighted by Crippen LogP contribution is 2.36. The molecule has 3 heterocycles. The number of aryl methyl sites for hydroxylation is 1. The van der Waals surface area contributed by atoms with E-state index in [9.17, 15) is 9.18 Å². The topological polar surface area (TPSA) is 65.2 Å². The summed E-state index contributed by atoms with van der Waals surface area (Å²) in [6, 6.07) is 12.3. The van der Waals surface area contributed by atoms with Crippen LogP contribution in [0.25, 0.3) is 28.6 Å². The minimum absolute atomic E-state index is 0. The van der Waals surface area contributed by atoms with Crippen LogP contribution in [0.1, 0.15) is 47.8 Å². The average molecular weight is 502 g/mol. The first kappa shape index (κ1) is 25.9. The number of allylic oxidation sites excluding steroid dienone is 1. The zero-order chi connectivity index (χ0) is 25.4. The first-order valence-corrected chi connectivity index (χ1v) is 11.8. The Morgan fingerprint density at radius 3 is 2.57 bits per heavy atom. The predicted octanol–water partition coefficient (Wildman–Crippen LogP) is 5.86. The Morgan fingerprint density at radius 2 is 1.92 bits per heavy atom. The Kier molecular flexibility index (Phi) is 7.29. The molecule has 5 rings (SSSR count). The molecule has 0 bridgehead atoms. The van der Waals surface area contributed by atoms with Crippen LogP contribution in [-0.4, -0.2) is 51.1 Å². The van der Waals surface area contributed by atoms with Gasteiger partial charge in [-0.1, -0.05) is 13.5 Å². The summed E-state index contributed by atoms with van der Waals surface area (Å²) in [5, 5.41) is 0. The van der Waals surface area contributed by atoms with Crippen molar-refractivity contribution in [2.24, 2.45) is 0 Å². The third-order valence-corrected chi connectivity index (χ3v) is 6.34. The number of benzene rings is 2. The van der Waals surface area contributed by atoms with Crippen molar-refractivity contribution < 1.29 is 13.9 Å². The molecule has 0 atom stereocenters. The molecule has 8 heteroatoms. The molecule has 192 valence electrons. The number of rotatable bonds is 5. The molecule has 37 heavy (non-hydrogen) atoms. The van der Waals surface area contributed by atoms with Crippen LogP contribution in [0.4, 0.5) is 4.39 Å². The summed E-state index contributed by atoms with van der Waals surface area (Å²) < 4.78 is 23.3. The molecule has 0 N–H and O–H groups in total. The molecular weight excluding hydrogens is 469 g/mol. The SMILES string of the molecule is C.COc1cc(/C=C2\CCCn3c2nc(C(=O)N(C)C)c3-c2ccc(F)cc2)ccc1-n1cnc(C)c1. The van der Waals surface area contributed by atoms with Gasteiger partial charge < -0.3 is 18.8 Å². The molecule has 0 spiro atoms. The van der Waals surface area contributed by atoms with Gasteiger partial charge in [-0.05, 0) is 73.4 Å². The number of hydrogen-bond acceptors (Lipinski definition) is 4. The van der Waals surface area contributed by atoms with Gasteiger partial charge in [0.15, 0.2) is 5.69 Å². The van der Waals surface area contributed by atoms with Gasteiger partial charge in [0.25, 0.3) is 5.91 Å². The van der Waals surface area contributed by atoms with Crippen LogP contribution in [0, 0.1) is 12.7 Å². The van der Waals surface area contributed by atoms with E-state index < -0.39 is 0 Å². The number of ether oxygens (including phenoxy) is 1. The van der Waals surface area contributed by atoms with Crippen molar-refractivity contribution in [3.63, 3.8) is 0 Å². The third-order valence-electron chi connectivity index (χ3n) is 6.34. The van der Waals surface area contributed by atoms with Crippen molar-refractivity contribution in [3.05, 3.63) is 83.6 Å². The minimum Gasteiger partial charge on any atom is -0.495 e. The van der Waals surface area contributed by atoms with Crippen LogP contribution in [0.15, 0.2) is 55.0 Å². The molecule has 4 aromatic rings. The van der Waals surface area contributed by atoms with Gasteiger partial charge in [-0.15, -0.1) is 0 Å². The Hall–Kier alpha value is -4.20. The van der Waals surface area contributed by atoms with Crippen LogP contribution in [0.2, 0.25) is 0 Å². The molecule has 0 fully saturated rings. The maximum Gasteiger partial charge on any atom is 0.274 e. The van der Waals surface area contributed by atoms with Gasteiger partial charge >= 0.3 is 0 Å². The molecule has 1 aliphatic heterocycles. The zero-order valence-corrected chi connectivity index (χ0v) is 20.8. The summed E-state index contributed by atoms with van der Waals surface area (Å²) >= 11 is 0. The number of fused-ring (bicyclic) bond motifs is 1. The second kappa shape index (κ2) is 10.4. The lowest BCUT2D eigenvalue weighted by atomic mass is 10.0. The molecule has 2 aromatic heterocycles. The van der Waals surface area contributed by atoms with E-state index in [4.69, 9.17) is 9.72 Å². The summed E-state index contributed by atoms with van der Waals surface area (Å²) in [7, 11) is 5.07. The van der Waals surface area contributed by atoms with E-state index in [0.29, 0.717) is 5.69 Å². The summed E-state index contributed by atoms with van der Waals surface area (Å²) in [5.74, 6) is 0.995. The van der Waals surface area contributed by atoms with Gasteiger partial charge in [-0.25, -0.2) is 14.4 Å². The standard InChI is InChI=1S/C28H28FN5O2.CH4/c1-18-16-33(17-30-18)23-12-7-19(15-24(23)36-4)14-21-6-5-13-34-26(20-8-10-22(29)11-9-20)25(31-27(21)34)28(35)32(2)3;/h7-12,14-17H,5-6,13H2,1-4H3;1H4/b21-14+;.